The molecule has 0 fully saturated rings. The number of rotatable bonds is 4. The summed E-state index contributed by atoms with van der Waals surface area (Å²) in [6.45, 7) is 0. The van der Waals surface area contributed by atoms with Crippen molar-refractivity contribution in [2.45, 2.75) is 11.7 Å². The Morgan fingerprint density at radius 3 is 2.52 bits per heavy atom. The summed E-state index contributed by atoms with van der Waals surface area (Å²) in [4.78, 5) is 11.5. The maximum atomic E-state index is 11.5. The van der Waals surface area contributed by atoms with Crippen molar-refractivity contribution >= 4 is 39.1 Å². The fourth-order valence-electron chi connectivity index (χ4n) is 2.49. The third kappa shape index (κ3) is 3.29. The van der Waals surface area contributed by atoms with Crippen molar-refractivity contribution in [3.63, 3.8) is 0 Å². The minimum Gasteiger partial charge on any atom is -0.456 e. The second-order valence-corrected chi connectivity index (χ2v) is 6.88. The number of halogens is 1. The number of allylic oxidation sites excluding steroid dienone is 1. The highest BCUT2D eigenvalue weighted by molar-refractivity contribution is 9.11. The van der Waals surface area contributed by atoms with Gasteiger partial charge in [-0.2, -0.15) is 0 Å². The van der Waals surface area contributed by atoms with E-state index in [1.165, 1.54) is 0 Å². The first kappa shape index (κ1) is 16.1. The number of aldehydes is 1. The van der Waals surface area contributed by atoms with E-state index in [1.54, 1.807) is 12.1 Å². The van der Waals surface area contributed by atoms with Crippen molar-refractivity contribution in [1.29, 1.82) is 0 Å². The lowest BCUT2D eigenvalue weighted by atomic mass is 9.95. The van der Waals surface area contributed by atoms with E-state index in [9.17, 15) is 9.00 Å². The first-order chi connectivity index (χ1) is 11.1. The Balaban J connectivity index is 1.99. The molecule has 6 heteroatoms. The fraction of sp³-hybridized carbons (Fsp3) is 0.118. The molecule has 4 nitrogen and oxygen atoms in total. The molecule has 1 aliphatic rings. The summed E-state index contributed by atoms with van der Waals surface area (Å²) >= 11 is 1.61. The van der Waals surface area contributed by atoms with Gasteiger partial charge >= 0.3 is 0 Å². The number of carbonyl (C=O) groups is 1. The van der Waals surface area contributed by atoms with Gasteiger partial charge < -0.3 is 14.1 Å². The zero-order valence-electron chi connectivity index (χ0n) is 11.9. The van der Waals surface area contributed by atoms with Gasteiger partial charge in [0.15, 0.2) is 11.1 Å². The molecular formula is C17H13BrO4S. The van der Waals surface area contributed by atoms with Gasteiger partial charge in [-0.05, 0) is 11.6 Å². The molecule has 1 heterocycles. The Hall–Kier alpha value is -1.76. The van der Waals surface area contributed by atoms with Crippen LogP contribution in [0.2, 0.25) is 0 Å². The van der Waals surface area contributed by atoms with E-state index in [2.05, 4.69) is 15.9 Å². The van der Waals surface area contributed by atoms with Crippen molar-refractivity contribution in [1.82, 2.24) is 0 Å². The smallest absolute Gasteiger partial charge is 0.157 e. The molecule has 0 bridgehead atoms. The number of hydrogen-bond acceptors (Lipinski definition) is 3. The summed E-state index contributed by atoms with van der Waals surface area (Å²) in [7, 11) is 0. The SMILES string of the molecule is O=CC1C(Br)=C(c2ccc(CS(=O)O)cc2)Oc2ccccc21. The summed E-state index contributed by atoms with van der Waals surface area (Å²) in [5.41, 5.74) is 2.38. The van der Waals surface area contributed by atoms with E-state index in [0.717, 1.165) is 23.0 Å². The highest BCUT2D eigenvalue weighted by Crippen LogP contribution is 2.43. The highest BCUT2D eigenvalue weighted by atomic mass is 79.9. The topological polar surface area (TPSA) is 63.6 Å². The molecule has 23 heavy (non-hydrogen) atoms. The molecule has 0 spiro atoms. The third-order valence-electron chi connectivity index (χ3n) is 3.60. The molecule has 2 aromatic carbocycles. The minimum atomic E-state index is -1.87. The fourth-order valence-corrected chi connectivity index (χ4v) is 3.63. The van der Waals surface area contributed by atoms with Gasteiger partial charge in [-0.3, -0.25) is 0 Å². The van der Waals surface area contributed by atoms with Crippen LogP contribution >= 0.6 is 15.9 Å². The van der Waals surface area contributed by atoms with E-state index >= 15 is 0 Å². The van der Waals surface area contributed by atoms with Crippen molar-refractivity contribution < 1.29 is 18.3 Å². The molecule has 0 aromatic heterocycles. The summed E-state index contributed by atoms with van der Waals surface area (Å²) in [5.74, 6) is 0.918. The van der Waals surface area contributed by atoms with E-state index in [-0.39, 0.29) is 5.75 Å². The molecule has 2 unspecified atom stereocenters. The number of para-hydroxylation sites is 1. The first-order valence-electron chi connectivity index (χ1n) is 6.88. The van der Waals surface area contributed by atoms with E-state index in [1.807, 2.05) is 36.4 Å². The van der Waals surface area contributed by atoms with Gasteiger partial charge in [0, 0.05) is 11.1 Å². The monoisotopic (exact) mass is 392 g/mol. The predicted octanol–water partition coefficient (Wildman–Crippen LogP) is 3.85. The maximum Gasteiger partial charge on any atom is 0.157 e. The number of benzene rings is 2. The molecule has 1 aliphatic heterocycles. The van der Waals surface area contributed by atoms with Gasteiger partial charge in [0.1, 0.15) is 17.8 Å². The largest absolute Gasteiger partial charge is 0.456 e. The van der Waals surface area contributed by atoms with Crippen LogP contribution in [0.15, 0.2) is 53.0 Å². The maximum absolute atomic E-state index is 11.5. The van der Waals surface area contributed by atoms with Gasteiger partial charge in [-0.15, -0.1) is 0 Å². The van der Waals surface area contributed by atoms with E-state index in [4.69, 9.17) is 9.29 Å². The van der Waals surface area contributed by atoms with Crippen LogP contribution in [0, 0.1) is 0 Å². The van der Waals surface area contributed by atoms with Gasteiger partial charge in [0.2, 0.25) is 0 Å². The van der Waals surface area contributed by atoms with Crippen molar-refractivity contribution in [2.24, 2.45) is 0 Å². The van der Waals surface area contributed by atoms with Crippen molar-refractivity contribution in [3.8, 4) is 5.75 Å². The molecule has 3 rings (SSSR count). The molecule has 0 amide bonds. The molecule has 0 saturated carbocycles. The molecule has 2 aromatic rings. The van der Waals surface area contributed by atoms with Crippen molar-refractivity contribution in [2.75, 3.05) is 0 Å². The summed E-state index contributed by atoms with van der Waals surface area (Å²) in [6, 6.07) is 14.6. The first-order valence-corrected chi connectivity index (χ1v) is 8.95. The minimum absolute atomic E-state index is 0.0845. The quantitative estimate of drug-likeness (QED) is 0.633. The zero-order chi connectivity index (χ0) is 16.4. The number of hydrogen-bond donors (Lipinski definition) is 1. The molecule has 0 radical (unpaired) electrons. The Bertz CT molecular complexity index is 798. The van der Waals surface area contributed by atoms with Crippen LogP contribution in [0.25, 0.3) is 5.76 Å². The van der Waals surface area contributed by atoms with Crippen molar-refractivity contribution in [3.05, 3.63) is 69.7 Å². The van der Waals surface area contributed by atoms with Crippen LogP contribution in [0.5, 0.6) is 5.75 Å². The highest BCUT2D eigenvalue weighted by Gasteiger charge is 2.28. The van der Waals surface area contributed by atoms with E-state index in [0.29, 0.717) is 16.0 Å². The molecule has 2 atom stereocenters. The van der Waals surface area contributed by atoms with E-state index < -0.39 is 17.0 Å². The Kier molecular flexibility index (Phi) is 4.75. The number of ether oxygens (including phenoxy) is 1. The molecule has 118 valence electrons. The second-order valence-electron chi connectivity index (χ2n) is 5.09. The molecule has 0 saturated heterocycles. The number of carbonyl (C=O) groups excluding carboxylic acids is 1. The Labute approximate surface area is 144 Å². The predicted molar refractivity (Wildman–Crippen MR) is 92.6 cm³/mol. The van der Waals surface area contributed by atoms with Gasteiger partial charge in [-0.1, -0.05) is 58.4 Å². The lowest BCUT2D eigenvalue weighted by Crippen LogP contribution is -2.13. The van der Waals surface area contributed by atoms with Gasteiger partial charge in [-0.25, -0.2) is 4.21 Å². The van der Waals surface area contributed by atoms with Crippen LogP contribution < -0.4 is 4.74 Å². The summed E-state index contributed by atoms with van der Waals surface area (Å²) < 4.78 is 26.4. The van der Waals surface area contributed by atoms with Crippen LogP contribution in [-0.4, -0.2) is 15.0 Å². The van der Waals surface area contributed by atoms with Crippen LogP contribution in [0.4, 0.5) is 0 Å². The molecule has 0 aliphatic carbocycles. The second kappa shape index (κ2) is 6.78. The zero-order valence-corrected chi connectivity index (χ0v) is 14.3. The average Bonchev–Trinajstić information content (AvgIpc) is 2.55. The average molecular weight is 393 g/mol. The third-order valence-corrected chi connectivity index (χ3v) is 5.03. The Morgan fingerprint density at radius 2 is 1.87 bits per heavy atom. The summed E-state index contributed by atoms with van der Waals surface area (Å²) in [6.07, 6.45) is 0.884. The lowest BCUT2D eigenvalue weighted by Gasteiger charge is -2.25. The molecule has 1 N–H and O–H groups in total. The molecular weight excluding hydrogens is 380 g/mol. The Morgan fingerprint density at radius 1 is 1.17 bits per heavy atom. The van der Waals surface area contributed by atoms with Crippen LogP contribution in [0.1, 0.15) is 22.6 Å². The lowest BCUT2D eigenvalue weighted by molar-refractivity contribution is -0.108. The normalized spacial score (nSPS) is 18.1. The summed E-state index contributed by atoms with van der Waals surface area (Å²) in [5, 5.41) is 0. The van der Waals surface area contributed by atoms with Gasteiger partial charge in [0.25, 0.3) is 0 Å². The van der Waals surface area contributed by atoms with Crippen LogP contribution in [-0.2, 0) is 21.6 Å². The van der Waals surface area contributed by atoms with Gasteiger partial charge in [0.05, 0.1) is 16.2 Å². The standard InChI is InChI=1S/C17H13BrO4S/c18-16-14(9-19)13-3-1-2-4-15(13)22-17(16)12-7-5-11(6-8-12)10-23(20)21/h1-9,14H,10H2,(H,20,21). The van der Waals surface area contributed by atoms with Crippen LogP contribution in [0.3, 0.4) is 0 Å². The number of fused-ring (bicyclic) bond motifs is 1.